The molecule has 0 aliphatic carbocycles. The van der Waals surface area contributed by atoms with Crippen LogP contribution in [0.1, 0.15) is 12.8 Å². The minimum Gasteiger partial charge on any atom is -0.546 e. The van der Waals surface area contributed by atoms with Gasteiger partial charge in [-0.05, 0) is 37.1 Å². The molecule has 1 unspecified atom stereocenters. The normalized spacial score (nSPS) is 15.3. The molecule has 1 aliphatic heterocycles. The van der Waals surface area contributed by atoms with Gasteiger partial charge in [-0.1, -0.05) is 35.3 Å². The number of phenolic OH excluding ortho intramolecular Hbond substituents is 1. The first kappa shape index (κ1) is 22.1. The molecule has 3 aromatic rings. The van der Waals surface area contributed by atoms with Gasteiger partial charge in [-0.25, -0.2) is 8.42 Å². The highest BCUT2D eigenvalue weighted by Crippen LogP contribution is 2.39. The van der Waals surface area contributed by atoms with Crippen molar-refractivity contribution in [3.8, 4) is 5.75 Å². The van der Waals surface area contributed by atoms with E-state index in [-0.39, 0.29) is 27.2 Å². The van der Waals surface area contributed by atoms with Crippen molar-refractivity contribution in [3.63, 3.8) is 0 Å². The Labute approximate surface area is 191 Å². The number of aromatic nitrogens is 2. The lowest BCUT2D eigenvalue weighted by molar-refractivity contribution is 0.445. The summed E-state index contributed by atoms with van der Waals surface area (Å²) in [6.07, 6.45) is 1.55. The van der Waals surface area contributed by atoms with Gasteiger partial charge >= 0.3 is 0 Å². The Bertz CT molecular complexity index is 1230. The standard InChI is InChI=1S/C18H17Cl2N5O4S2/c19-11-5-3-6-12(15(11)20)21-17-18(24-30(27)23-17)22-13-7-4-8-14(16(13)26)31(28,29)25-9-1-2-10-25/h3-8,26H,1-2,9-10H2,(H,21,23)(H,22,24). The zero-order valence-electron chi connectivity index (χ0n) is 15.9. The minimum atomic E-state index is -3.84. The van der Waals surface area contributed by atoms with E-state index < -0.39 is 26.9 Å². The zero-order valence-corrected chi connectivity index (χ0v) is 19.0. The molecule has 0 saturated carbocycles. The summed E-state index contributed by atoms with van der Waals surface area (Å²) in [5, 5.41) is 16.9. The molecule has 1 saturated heterocycles. The van der Waals surface area contributed by atoms with Gasteiger partial charge in [0, 0.05) is 21.8 Å². The van der Waals surface area contributed by atoms with Crippen molar-refractivity contribution in [1.82, 2.24) is 13.1 Å². The Hall–Kier alpha value is -2.15. The predicted molar refractivity (Wildman–Crippen MR) is 120 cm³/mol. The summed E-state index contributed by atoms with van der Waals surface area (Å²) in [6.45, 7) is 0.818. The molecule has 0 amide bonds. The first-order valence-corrected chi connectivity index (χ1v) is 12.4. The number of hydrogen-bond acceptors (Lipinski definition) is 8. The molecule has 164 valence electrons. The molecule has 1 atom stereocenters. The third-order valence-corrected chi connectivity index (χ3v) is 8.13. The van der Waals surface area contributed by atoms with Crippen LogP contribution in [0.2, 0.25) is 10.0 Å². The van der Waals surface area contributed by atoms with Gasteiger partial charge in [0.05, 0.1) is 21.4 Å². The first-order chi connectivity index (χ1) is 14.8. The highest BCUT2D eigenvalue weighted by atomic mass is 35.5. The predicted octanol–water partition coefficient (Wildman–Crippen LogP) is 4.49. The van der Waals surface area contributed by atoms with Crippen molar-refractivity contribution in [1.29, 1.82) is 0 Å². The molecule has 2 aromatic carbocycles. The summed E-state index contributed by atoms with van der Waals surface area (Å²) in [4.78, 5) is -0.219. The number of benzene rings is 2. The lowest BCUT2D eigenvalue weighted by atomic mass is 10.3. The van der Waals surface area contributed by atoms with E-state index in [1.54, 1.807) is 18.2 Å². The van der Waals surface area contributed by atoms with E-state index in [9.17, 15) is 18.1 Å². The molecule has 9 nitrogen and oxygen atoms in total. The van der Waals surface area contributed by atoms with Crippen LogP contribution in [-0.2, 0) is 10.0 Å². The van der Waals surface area contributed by atoms with E-state index >= 15 is 0 Å². The van der Waals surface area contributed by atoms with Crippen molar-refractivity contribution in [2.75, 3.05) is 23.7 Å². The van der Waals surface area contributed by atoms with Crippen LogP contribution in [-0.4, -0.2) is 44.2 Å². The maximum absolute atomic E-state index is 12.9. The fraction of sp³-hybridized carbons (Fsp3) is 0.222. The molecule has 0 radical (unpaired) electrons. The van der Waals surface area contributed by atoms with Crippen LogP contribution in [0.5, 0.6) is 5.75 Å². The lowest BCUT2D eigenvalue weighted by Gasteiger charge is -2.17. The first-order valence-electron chi connectivity index (χ1n) is 9.17. The van der Waals surface area contributed by atoms with Crippen molar-refractivity contribution in [3.05, 3.63) is 46.4 Å². The van der Waals surface area contributed by atoms with Gasteiger partial charge < -0.3 is 20.3 Å². The topological polar surface area (TPSA) is 131 Å². The van der Waals surface area contributed by atoms with Crippen molar-refractivity contribution in [2.45, 2.75) is 17.7 Å². The molecule has 1 aromatic heterocycles. The van der Waals surface area contributed by atoms with Crippen LogP contribution < -0.4 is 10.6 Å². The molecule has 2 heterocycles. The summed E-state index contributed by atoms with van der Waals surface area (Å²) >= 11 is 10.3. The number of nitrogens with one attached hydrogen (secondary N) is 2. The summed E-state index contributed by atoms with van der Waals surface area (Å²) in [5.74, 6) is -0.329. The van der Waals surface area contributed by atoms with Crippen LogP contribution in [0.4, 0.5) is 23.0 Å². The second-order valence-corrected chi connectivity index (χ2v) is 10.2. The maximum Gasteiger partial charge on any atom is 0.246 e. The Kier molecular flexibility index (Phi) is 6.24. The maximum atomic E-state index is 12.9. The van der Waals surface area contributed by atoms with Crippen LogP contribution in [0.15, 0.2) is 41.3 Å². The van der Waals surface area contributed by atoms with Crippen LogP contribution in [0.25, 0.3) is 0 Å². The number of aromatic hydroxyl groups is 1. The average Bonchev–Trinajstić information content (AvgIpc) is 3.38. The monoisotopic (exact) mass is 501 g/mol. The van der Waals surface area contributed by atoms with E-state index in [4.69, 9.17) is 23.2 Å². The summed E-state index contributed by atoms with van der Waals surface area (Å²) < 4.78 is 46.8. The third-order valence-electron chi connectivity index (χ3n) is 4.70. The van der Waals surface area contributed by atoms with Gasteiger partial charge in [0.15, 0.2) is 16.9 Å². The highest BCUT2D eigenvalue weighted by molar-refractivity contribution is 7.89. The number of sulfonamides is 1. The summed E-state index contributed by atoms with van der Waals surface area (Å²) in [6, 6.07) is 9.24. The van der Waals surface area contributed by atoms with Crippen LogP contribution in [0, 0.1) is 0 Å². The second-order valence-electron chi connectivity index (χ2n) is 6.73. The van der Waals surface area contributed by atoms with E-state index in [1.165, 1.54) is 22.5 Å². The van der Waals surface area contributed by atoms with Gasteiger partial charge in [-0.2, -0.15) is 4.31 Å². The number of halogens is 2. The van der Waals surface area contributed by atoms with E-state index in [2.05, 4.69) is 19.4 Å². The fourth-order valence-electron chi connectivity index (χ4n) is 3.18. The fourth-order valence-corrected chi connectivity index (χ4v) is 5.77. The van der Waals surface area contributed by atoms with E-state index in [1.807, 2.05) is 0 Å². The minimum absolute atomic E-state index is 0.0420. The highest BCUT2D eigenvalue weighted by Gasteiger charge is 2.31. The molecular weight excluding hydrogens is 485 g/mol. The molecule has 13 heteroatoms. The lowest BCUT2D eigenvalue weighted by Crippen LogP contribution is -2.28. The second kappa shape index (κ2) is 8.77. The Morgan fingerprint density at radius 3 is 2.26 bits per heavy atom. The molecule has 0 spiro atoms. The number of phenols is 1. The summed E-state index contributed by atoms with van der Waals surface area (Å²) in [7, 11) is -3.84. The average molecular weight is 502 g/mol. The Morgan fingerprint density at radius 1 is 1.00 bits per heavy atom. The van der Waals surface area contributed by atoms with Gasteiger partial charge in [0.2, 0.25) is 21.7 Å². The Balaban J connectivity index is 1.66. The third kappa shape index (κ3) is 4.43. The molecule has 0 bridgehead atoms. The van der Waals surface area contributed by atoms with Crippen LogP contribution >= 0.6 is 34.3 Å². The molecule has 1 fully saturated rings. The van der Waals surface area contributed by atoms with E-state index in [0.717, 1.165) is 12.8 Å². The quantitative estimate of drug-likeness (QED) is 0.332. The number of anilines is 4. The summed E-state index contributed by atoms with van der Waals surface area (Å²) in [5.41, 5.74) is 0.487. The van der Waals surface area contributed by atoms with Gasteiger partial charge in [-0.15, -0.1) is 0 Å². The van der Waals surface area contributed by atoms with E-state index in [0.29, 0.717) is 23.8 Å². The number of para-hydroxylation sites is 1. The SMILES string of the molecule is O=S(=O)(c1cccc(Nc2n[s+]([O-])nc2Nc2cccc(Cl)c2Cl)c1O)N1CCCC1. The van der Waals surface area contributed by atoms with Gasteiger partial charge in [-0.3, -0.25) is 0 Å². The number of nitrogens with zero attached hydrogens (tertiary/aromatic N) is 3. The molecule has 3 N–H and O–H groups in total. The van der Waals surface area contributed by atoms with Gasteiger partial charge in [0.25, 0.3) is 0 Å². The number of rotatable bonds is 6. The van der Waals surface area contributed by atoms with Crippen molar-refractivity contribution in [2.24, 2.45) is 0 Å². The largest absolute Gasteiger partial charge is 0.546 e. The van der Waals surface area contributed by atoms with Crippen molar-refractivity contribution < 1.29 is 18.1 Å². The van der Waals surface area contributed by atoms with Crippen molar-refractivity contribution >= 4 is 67.4 Å². The molecule has 31 heavy (non-hydrogen) atoms. The Morgan fingerprint density at radius 2 is 1.58 bits per heavy atom. The smallest absolute Gasteiger partial charge is 0.246 e. The van der Waals surface area contributed by atoms with Gasteiger partial charge in [0.1, 0.15) is 4.90 Å². The molecule has 1 aliphatic rings. The van der Waals surface area contributed by atoms with Crippen LogP contribution in [0.3, 0.4) is 0 Å². The zero-order chi connectivity index (χ0) is 22.2. The molecular formula is C18H17Cl2N5O4S2. The number of hydrogen-bond donors (Lipinski definition) is 3. The molecule has 4 rings (SSSR count).